The molecule has 4 heterocycles. The molecule has 0 bridgehead atoms. The number of methoxy groups -OCH3 is 1. The van der Waals surface area contributed by atoms with Gasteiger partial charge >= 0.3 is 5.97 Å². The van der Waals surface area contributed by atoms with Crippen LogP contribution in [0.1, 0.15) is 35.3 Å². The van der Waals surface area contributed by atoms with Crippen molar-refractivity contribution >= 4 is 16.9 Å². The van der Waals surface area contributed by atoms with Crippen molar-refractivity contribution in [1.82, 2.24) is 9.55 Å². The van der Waals surface area contributed by atoms with Crippen molar-refractivity contribution in [3.63, 3.8) is 0 Å². The van der Waals surface area contributed by atoms with E-state index in [0.717, 1.165) is 34.1 Å². The minimum Gasteiger partial charge on any atom is -0.508 e. The topological polar surface area (TPSA) is 90.7 Å². The smallest absolute Gasteiger partial charge is 0.340 e. The zero-order valence-electron chi connectivity index (χ0n) is 15.5. The van der Waals surface area contributed by atoms with Gasteiger partial charge in [-0.25, -0.2) is 9.78 Å². The molecule has 7 heteroatoms. The van der Waals surface area contributed by atoms with Gasteiger partial charge in [-0.05, 0) is 36.2 Å². The lowest BCUT2D eigenvalue weighted by molar-refractivity contribution is -0.159. The van der Waals surface area contributed by atoms with Crippen molar-refractivity contribution in [3.8, 4) is 17.1 Å². The van der Waals surface area contributed by atoms with Crippen molar-refractivity contribution in [1.29, 1.82) is 0 Å². The van der Waals surface area contributed by atoms with E-state index in [1.807, 2.05) is 13.0 Å². The maximum atomic E-state index is 13.1. The Morgan fingerprint density at radius 3 is 2.86 bits per heavy atom. The van der Waals surface area contributed by atoms with Crippen LogP contribution < -0.4 is 5.56 Å². The van der Waals surface area contributed by atoms with Crippen LogP contribution in [0.3, 0.4) is 0 Å². The van der Waals surface area contributed by atoms with Crippen LogP contribution in [0, 0.1) is 0 Å². The van der Waals surface area contributed by atoms with Gasteiger partial charge in [0.2, 0.25) is 0 Å². The number of pyridine rings is 2. The molecular weight excluding hydrogens is 360 g/mol. The Labute approximate surface area is 160 Å². The standard InChI is InChI=1S/C21H18N2O5/c1-3-11-12-6-10(24)4-5-16(12)22-18-14(11)8-23-17(18)7-13-15(20(23)25)9-28-21(26)19(13)27-2/h4-7,19,24H,3,8-9H2,1-2H3. The monoisotopic (exact) mass is 378 g/mol. The predicted molar refractivity (Wildman–Crippen MR) is 101 cm³/mol. The lowest BCUT2D eigenvalue weighted by Crippen LogP contribution is -2.33. The van der Waals surface area contributed by atoms with Gasteiger partial charge in [0.1, 0.15) is 12.4 Å². The molecule has 0 radical (unpaired) electrons. The number of hydrogen-bond acceptors (Lipinski definition) is 6. The normalized spacial score (nSPS) is 17.2. The molecule has 1 unspecified atom stereocenters. The summed E-state index contributed by atoms with van der Waals surface area (Å²) in [6.07, 6.45) is -0.162. The molecule has 2 aromatic heterocycles. The first-order valence-corrected chi connectivity index (χ1v) is 9.14. The fourth-order valence-corrected chi connectivity index (χ4v) is 4.31. The highest BCUT2D eigenvalue weighted by Gasteiger charge is 2.35. The molecule has 142 valence electrons. The first kappa shape index (κ1) is 16.9. The molecule has 0 saturated carbocycles. The van der Waals surface area contributed by atoms with Gasteiger partial charge in [0.25, 0.3) is 5.56 Å². The van der Waals surface area contributed by atoms with Gasteiger partial charge in [0, 0.05) is 23.6 Å². The van der Waals surface area contributed by atoms with Crippen molar-refractivity contribution in [2.75, 3.05) is 7.11 Å². The predicted octanol–water partition coefficient (Wildman–Crippen LogP) is 2.44. The van der Waals surface area contributed by atoms with E-state index in [4.69, 9.17) is 14.5 Å². The number of hydrogen-bond donors (Lipinski definition) is 1. The minimum absolute atomic E-state index is 0.0482. The van der Waals surface area contributed by atoms with Gasteiger partial charge < -0.3 is 19.1 Å². The van der Waals surface area contributed by atoms with E-state index in [1.54, 1.807) is 22.8 Å². The molecule has 2 aliphatic heterocycles. The van der Waals surface area contributed by atoms with Crippen molar-refractivity contribution in [2.45, 2.75) is 32.6 Å². The molecule has 0 aliphatic carbocycles. The van der Waals surface area contributed by atoms with Crippen molar-refractivity contribution in [2.24, 2.45) is 0 Å². The van der Waals surface area contributed by atoms with E-state index in [0.29, 0.717) is 23.4 Å². The van der Waals surface area contributed by atoms with E-state index in [-0.39, 0.29) is 17.9 Å². The lowest BCUT2D eigenvalue weighted by Gasteiger charge is -2.24. The number of benzene rings is 1. The average molecular weight is 378 g/mol. The Hall–Kier alpha value is -3.19. The fourth-order valence-electron chi connectivity index (χ4n) is 4.31. The van der Waals surface area contributed by atoms with Gasteiger partial charge in [0.15, 0.2) is 6.10 Å². The molecule has 1 atom stereocenters. The molecular formula is C21H18N2O5. The van der Waals surface area contributed by atoms with Crippen LogP contribution in [0.2, 0.25) is 0 Å². The average Bonchev–Trinajstić information content (AvgIpc) is 3.05. The van der Waals surface area contributed by atoms with Crippen LogP contribution in [0.25, 0.3) is 22.3 Å². The van der Waals surface area contributed by atoms with Crippen molar-refractivity contribution < 1.29 is 19.4 Å². The zero-order valence-corrected chi connectivity index (χ0v) is 15.5. The number of phenolic OH excluding ortho intramolecular Hbond substituents is 1. The summed E-state index contributed by atoms with van der Waals surface area (Å²) < 4.78 is 12.1. The highest BCUT2D eigenvalue weighted by atomic mass is 16.6. The Balaban J connectivity index is 1.82. The van der Waals surface area contributed by atoms with Crippen molar-refractivity contribution in [3.05, 3.63) is 56.9 Å². The molecule has 0 fully saturated rings. The third-order valence-electron chi connectivity index (χ3n) is 5.63. The Kier molecular flexibility index (Phi) is 3.57. The number of nitrogens with zero attached hydrogens (tertiary/aromatic N) is 2. The van der Waals surface area contributed by atoms with Gasteiger partial charge in [-0.3, -0.25) is 4.79 Å². The summed E-state index contributed by atoms with van der Waals surface area (Å²) in [7, 11) is 1.42. The molecule has 1 aromatic carbocycles. The molecule has 0 amide bonds. The van der Waals surface area contributed by atoms with E-state index >= 15 is 0 Å². The van der Waals surface area contributed by atoms with Crippen LogP contribution >= 0.6 is 0 Å². The second-order valence-corrected chi connectivity index (χ2v) is 7.05. The SMILES string of the molecule is CCc1c2c(nc3ccc(O)cc13)-c1cc3c(c(=O)n1C2)COC(=O)C3OC. The van der Waals surface area contributed by atoms with Gasteiger partial charge in [-0.2, -0.15) is 0 Å². The number of carbonyl (C=O) groups is 1. The number of fused-ring (bicyclic) bond motifs is 5. The summed E-state index contributed by atoms with van der Waals surface area (Å²) in [5.41, 5.74) is 5.03. The Bertz CT molecular complexity index is 1230. The summed E-state index contributed by atoms with van der Waals surface area (Å²) in [4.78, 5) is 30.0. The molecule has 7 nitrogen and oxygen atoms in total. The maximum absolute atomic E-state index is 13.1. The molecule has 1 N–H and O–H groups in total. The summed E-state index contributed by atoms with van der Waals surface area (Å²) in [6.45, 7) is 2.40. The quantitative estimate of drug-likeness (QED) is 0.539. The van der Waals surface area contributed by atoms with Crippen LogP contribution in [-0.2, 0) is 33.8 Å². The first-order valence-electron chi connectivity index (χ1n) is 9.14. The third kappa shape index (κ3) is 2.16. The number of aromatic nitrogens is 2. The number of carbonyl (C=O) groups excluding carboxylic acids is 1. The van der Waals surface area contributed by atoms with Crippen LogP contribution in [0.4, 0.5) is 0 Å². The molecule has 3 aromatic rings. The van der Waals surface area contributed by atoms with E-state index in [2.05, 4.69) is 0 Å². The largest absolute Gasteiger partial charge is 0.508 e. The number of cyclic esters (lactones) is 1. The molecule has 2 aliphatic rings. The molecule has 0 saturated heterocycles. The van der Waals surface area contributed by atoms with E-state index in [1.165, 1.54) is 7.11 Å². The molecule has 0 spiro atoms. The number of esters is 1. The Morgan fingerprint density at radius 2 is 2.11 bits per heavy atom. The molecule has 5 rings (SSSR count). The summed E-state index contributed by atoms with van der Waals surface area (Å²) in [6, 6.07) is 6.92. The molecule has 28 heavy (non-hydrogen) atoms. The summed E-state index contributed by atoms with van der Waals surface area (Å²) in [5.74, 6) is -0.306. The number of aromatic hydroxyl groups is 1. The van der Waals surface area contributed by atoms with Gasteiger partial charge in [-0.15, -0.1) is 0 Å². The number of aryl methyl sites for hydroxylation is 1. The third-order valence-corrected chi connectivity index (χ3v) is 5.63. The van der Waals surface area contributed by atoms with Gasteiger partial charge in [0.05, 0.1) is 29.0 Å². The number of phenols is 1. The second kappa shape index (κ2) is 5.90. The summed E-state index contributed by atoms with van der Waals surface area (Å²) in [5, 5.41) is 10.8. The second-order valence-electron chi connectivity index (χ2n) is 7.05. The number of rotatable bonds is 2. The Morgan fingerprint density at radius 1 is 1.29 bits per heavy atom. The minimum atomic E-state index is -0.908. The van der Waals surface area contributed by atoms with E-state index in [9.17, 15) is 14.7 Å². The lowest BCUT2D eigenvalue weighted by atomic mass is 9.97. The van der Waals surface area contributed by atoms with Crippen LogP contribution in [0.5, 0.6) is 5.75 Å². The van der Waals surface area contributed by atoms with Crippen LogP contribution in [-0.4, -0.2) is 27.7 Å². The highest BCUT2D eigenvalue weighted by Crippen LogP contribution is 2.38. The number of ether oxygens (including phenoxy) is 2. The highest BCUT2D eigenvalue weighted by molar-refractivity contribution is 5.89. The van der Waals surface area contributed by atoms with Gasteiger partial charge in [-0.1, -0.05) is 6.92 Å². The zero-order chi connectivity index (χ0) is 19.6. The maximum Gasteiger partial charge on any atom is 0.340 e. The van der Waals surface area contributed by atoms with E-state index < -0.39 is 12.1 Å². The summed E-state index contributed by atoms with van der Waals surface area (Å²) >= 11 is 0. The van der Waals surface area contributed by atoms with Crippen LogP contribution in [0.15, 0.2) is 29.1 Å². The fraction of sp³-hybridized carbons (Fsp3) is 0.286. The first-order chi connectivity index (χ1) is 13.5.